The first-order valence-corrected chi connectivity index (χ1v) is 7.84. The fraction of sp³-hybridized carbons (Fsp3) is 0.400. The van der Waals surface area contributed by atoms with Crippen LogP contribution >= 0.6 is 11.5 Å². The highest BCUT2D eigenvalue weighted by Gasteiger charge is 2.56. The summed E-state index contributed by atoms with van der Waals surface area (Å²) >= 11 is 1.16. The van der Waals surface area contributed by atoms with E-state index in [1.165, 1.54) is 0 Å². The summed E-state index contributed by atoms with van der Waals surface area (Å²) in [6.07, 6.45) is 0. The number of rotatable bonds is 3. The fourth-order valence-electron chi connectivity index (χ4n) is 3.24. The SMILES string of the molecule is O=C(c1nc(-c2ccccc2)ns1)N1C[C@@H]2C(CO)[C@@H]2C1. The van der Waals surface area contributed by atoms with Gasteiger partial charge in [-0.25, -0.2) is 4.98 Å². The van der Waals surface area contributed by atoms with Crippen LogP contribution in [0.1, 0.15) is 9.80 Å². The fourth-order valence-corrected chi connectivity index (χ4v) is 3.89. The zero-order valence-electron chi connectivity index (χ0n) is 11.3. The van der Waals surface area contributed by atoms with Crippen molar-refractivity contribution in [1.82, 2.24) is 14.3 Å². The molecule has 1 unspecified atom stereocenters. The first kappa shape index (κ1) is 12.9. The number of amides is 1. The van der Waals surface area contributed by atoms with Gasteiger partial charge < -0.3 is 10.0 Å². The van der Waals surface area contributed by atoms with Crippen molar-refractivity contribution < 1.29 is 9.90 Å². The van der Waals surface area contributed by atoms with Gasteiger partial charge in [0, 0.05) is 25.3 Å². The van der Waals surface area contributed by atoms with Crippen molar-refractivity contribution in [3.8, 4) is 11.4 Å². The Morgan fingerprint density at radius 1 is 1.29 bits per heavy atom. The lowest BCUT2D eigenvalue weighted by molar-refractivity contribution is 0.0759. The van der Waals surface area contributed by atoms with Crippen LogP contribution in [0.25, 0.3) is 11.4 Å². The summed E-state index contributed by atoms with van der Waals surface area (Å²) in [5.41, 5.74) is 0.928. The predicted octanol–water partition coefficient (Wildman–Crippen LogP) is 1.52. The molecule has 0 radical (unpaired) electrons. The Morgan fingerprint density at radius 2 is 2.00 bits per heavy atom. The third-order valence-corrected chi connectivity index (χ3v) is 5.21. The molecular weight excluding hydrogens is 286 g/mol. The van der Waals surface area contributed by atoms with Crippen molar-refractivity contribution in [1.29, 1.82) is 0 Å². The van der Waals surface area contributed by atoms with Crippen LogP contribution in [0.15, 0.2) is 30.3 Å². The number of carbonyl (C=O) groups is 1. The van der Waals surface area contributed by atoms with Crippen LogP contribution < -0.4 is 0 Å². The Balaban J connectivity index is 1.48. The molecule has 1 aromatic heterocycles. The summed E-state index contributed by atoms with van der Waals surface area (Å²) in [6, 6.07) is 9.68. The van der Waals surface area contributed by atoms with Crippen molar-refractivity contribution in [2.45, 2.75) is 0 Å². The van der Waals surface area contributed by atoms with E-state index in [0.717, 1.165) is 30.2 Å². The number of hydrogen-bond acceptors (Lipinski definition) is 5. The average Bonchev–Trinajstić information content (AvgIpc) is 2.92. The quantitative estimate of drug-likeness (QED) is 0.933. The number of piperidine rings is 1. The van der Waals surface area contributed by atoms with Gasteiger partial charge >= 0.3 is 0 Å². The minimum atomic E-state index is -0.0291. The number of carbonyl (C=O) groups excluding carboxylic acids is 1. The van der Waals surface area contributed by atoms with Crippen molar-refractivity contribution in [2.75, 3.05) is 19.7 Å². The maximum atomic E-state index is 12.4. The lowest BCUT2D eigenvalue weighted by atomic mass is 10.2. The van der Waals surface area contributed by atoms with Gasteiger partial charge in [0.2, 0.25) is 5.01 Å². The van der Waals surface area contributed by atoms with Crippen LogP contribution in [-0.4, -0.2) is 45.0 Å². The Labute approximate surface area is 126 Å². The Kier molecular flexibility index (Phi) is 3.01. The van der Waals surface area contributed by atoms with Crippen LogP contribution in [0, 0.1) is 17.8 Å². The lowest BCUT2D eigenvalue weighted by Crippen LogP contribution is -2.31. The maximum absolute atomic E-state index is 12.4. The molecule has 6 heteroatoms. The molecule has 2 aromatic rings. The topological polar surface area (TPSA) is 66.3 Å². The molecule has 2 fully saturated rings. The molecule has 1 saturated heterocycles. The zero-order valence-corrected chi connectivity index (χ0v) is 12.2. The first-order chi connectivity index (χ1) is 10.3. The summed E-state index contributed by atoms with van der Waals surface area (Å²) in [5.74, 6) is 1.96. The lowest BCUT2D eigenvalue weighted by Gasteiger charge is -2.17. The van der Waals surface area contributed by atoms with Gasteiger partial charge in [0.1, 0.15) is 0 Å². The highest BCUT2D eigenvalue weighted by atomic mass is 32.1. The Hall–Kier alpha value is -1.79. The number of aliphatic hydroxyl groups is 1. The summed E-state index contributed by atoms with van der Waals surface area (Å²) in [4.78, 5) is 18.6. The number of benzene rings is 1. The van der Waals surface area contributed by atoms with Gasteiger partial charge in [-0.15, -0.1) is 0 Å². The van der Waals surface area contributed by atoms with E-state index in [2.05, 4.69) is 9.36 Å². The van der Waals surface area contributed by atoms with E-state index < -0.39 is 0 Å². The molecule has 1 N–H and O–H groups in total. The van der Waals surface area contributed by atoms with Crippen molar-refractivity contribution in [2.24, 2.45) is 17.8 Å². The molecule has 2 heterocycles. The van der Waals surface area contributed by atoms with Gasteiger partial charge in [-0.2, -0.15) is 4.37 Å². The molecular formula is C15H15N3O2S. The summed E-state index contributed by atoms with van der Waals surface area (Å²) < 4.78 is 4.28. The van der Waals surface area contributed by atoms with E-state index in [1.54, 1.807) is 0 Å². The minimum Gasteiger partial charge on any atom is -0.396 e. The van der Waals surface area contributed by atoms with E-state index >= 15 is 0 Å². The predicted molar refractivity (Wildman–Crippen MR) is 78.8 cm³/mol. The van der Waals surface area contributed by atoms with Gasteiger partial charge in [0.25, 0.3) is 5.91 Å². The highest BCUT2D eigenvalue weighted by Crippen LogP contribution is 2.51. The number of hydrogen-bond donors (Lipinski definition) is 1. The normalized spacial score (nSPS) is 26.7. The Bertz CT molecular complexity index is 661. The van der Waals surface area contributed by atoms with Crippen molar-refractivity contribution >= 4 is 17.4 Å². The van der Waals surface area contributed by atoms with Crippen LogP contribution in [0.4, 0.5) is 0 Å². The van der Waals surface area contributed by atoms with E-state index in [0.29, 0.717) is 28.6 Å². The number of aliphatic hydroxyl groups excluding tert-OH is 1. The number of aromatic nitrogens is 2. The van der Waals surface area contributed by atoms with Gasteiger partial charge in [0.15, 0.2) is 5.82 Å². The molecule has 5 nitrogen and oxygen atoms in total. The largest absolute Gasteiger partial charge is 0.396 e. The molecule has 3 atom stereocenters. The van der Waals surface area contributed by atoms with Gasteiger partial charge in [-0.3, -0.25) is 4.79 Å². The highest BCUT2D eigenvalue weighted by molar-refractivity contribution is 7.07. The average molecular weight is 301 g/mol. The Morgan fingerprint density at radius 3 is 2.67 bits per heavy atom. The van der Waals surface area contributed by atoms with Crippen LogP contribution in [0.2, 0.25) is 0 Å². The third kappa shape index (κ3) is 2.15. The summed E-state index contributed by atoms with van der Waals surface area (Å²) in [5, 5.41) is 9.61. The molecule has 1 amide bonds. The van der Waals surface area contributed by atoms with Crippen molar-refractivity contribution in [3.05, 3.63) is 35.3 Å². The molecule has 4 rings (SSSR count). The molecule has 2 aliphatic rings. The van der Waals surface area contributed by atoms with Crippen molar-refractivity contribution in [3.63, 3.8) is 0 Å². The molecule has 1 aliphatic heterocycles. The molecule has 1 aliphatic carbocycles. The number of fused-ring (bicyclic) bond motifs is 1. The first-order valence-electron chi connectivity index (χ1n) is 7.07. The van der Waals surface area contributed by atoms with Gasteiger partial charge in [-0.1, -0.05) is 30.3 Å². The van der Waals surface area contributed by atoms with Crippen LogP contribution in [-0.2, 0) is 0 Å². The molecule has 21 heavy (non-hydrogen) atoms. The third-order valence-electron chi connectivity index (χ3n) is 4.51. The minimum absolute atomic E-state index is 0.0291. The van der Waals surface area contributed by atoms with E-state index in [4.69, 9.17) is 5.11 Å². The van der Waals surface area contributed by atoms with E-state index in [-0.39, 0.29) is 12.5 Å². The number of likely N-dealkylation sites (tertiary alicyclic amines) is 1. The second-order valence-electron chi connectivity index (χ2n) is 5.67. The zero-order chi connectivity index (χ0) is 14.4. The second kappa shape index (κ2) is 4.89. The summed E-state index contributed by atoms with van der Waals surface area (Å²) in [6.45, 7) is 1.73. The standard InChI is InChI=1S/C15H15N3O2S/c19-8-12-10-6-18(7-11(10)12)15(20)14-16-13(17-21-14)9-4-2-1-3-5-9/h1-5,10-12,19H,6-8H2/t10-,11+,12?. The molecule has 108 valence electrons. The van der Waals surface area contributed by atoms with Crippen LogP contribution in [0.3, 0.4) is 0 Å². The number of nitrogens with zero attached hydrogens (tertiary/aromatic N) is 3. The van der Waals surface area contributed by atoms with Gasteiger partial charge in [0.05, 0.1) is 0 Å². The molecule has 0 spiro atoms. The maximum Gasteiger partial charge on any atom is 0.284 e. The second-order valence-corrected chi connectivity index (χ2v) is 6.43. The van der Waals surface area contributed by atoms with Gasteiger partial charge in [-0.05, 0) is 29.3 Å². The molecule has 1 saturated carbocycles. The van der Waals surface area contributed by atoms with E-state index in [1.807, 2.05) is 35.2 Å². The van der Waals surface area contributed by atoms with E-state index in [9.17, 15) is 4.79 Å². The summed E-state index contributed by atoms with van der Waals surface area (Å²) in [7, 11) is 0. The van der Waals surface area contributed by atoms with Crippen LogP contribution in [0.5, 0.6) is 0 Å². The molecule has 0 bridgehead atoms. The molecule has 1 aromatic carbocycles. The smallest absolute Gasteiger partial charge is 0.284 e. The monoisotopic (exact) mass is 301 g/mol.